The van der Waals surface area contributed by atoms with E-state index in [0.29, 0.717) is 12.3 Å². The van der Waals surface area contributed by atoms with Gasteiger partial charge in [0.2, 0.25) is 0 Å². The molecule has 0 nitrogen and oxygen atoms in total. The summed E-state index contributed by atoms with van der Waals surface area (Å²) in [6.45, 7) is 3.71. The Balaban J connectivity index is 3.73. The van der Waals surface area contributed by atoms with E-state index in [9.17, 15) is 0 Å². The lowest BCUT2D eigenvalue weighted by Gasteiger charge is -2.09. The second kappa shape index (κ2) is 4.48. The third-order valence-electron chi connectivity index (χ3n) is 1.02. The number of hydrogen-bond acceptors (Lipinski definition) is 0. The van der Waals surface area contributed by atoms with E-state index in [1.54, 1.807) is 6.92 Å². The third kappa shape index (κ3) is 6.73. The van der Waals surface area contributed by atoms with Gasteiger partial charge in [-0.15, -0.1) is 34.8 Å². The molecule has 0 aromatic carbocycles. The highest BCUT2D eigenvalue weighted by Gasteiger charge is 2.13. The molecule has 0 aromatic rings. The SMILES string of the molecule is CC(=CCC(C)(Cl)Cl)CCl. The van der Waals surface area contributed by atoms with E-state index >= 15 is 0 Å². The summed E-state index contributed by atoms with van der Waals surface area (Å²) in [6, 6.07) is 0. The molecular formula is C7H11Cl3. The zero-order valence-electron chi connectivity index (χ0n) is 6.13. The molecular weight excluding hydrogens is 190 g/mol. The molecule has 0 N–H and O–H groups in total. The first kappa shape index (κ1) is 10.6. The van der Waals surface area contributed by atoms with Crippen molar-refractivity contribution in [3.8, 4) is 0 Å². The molecule has 0 atom stereocenters. The minimum Gasteiger partial charge on any atom is -0.122 e. The summed E-state index contributed by atoms with van der Waals surface area (Å²) >= 11 is 17.0. The Morgan fingerprint density at radius 2 is 2.00 bits per heavy atom. The summed E-state index contributed by atoms with van der Waals surface area (Å²) in [5.74, 6) is 0.545. The maximum absolute atomic E-state index is 5.71. The maximum Gasteiger partial charge on any atom is 0.119 e. The van der Waals surface area contributed by atoms with Crippen LogP contribution >= 0.6 is 34.8 Å². The van der Waals surface area contributed by atoms with Gasteiger partial charge in [-0.25, -0.2) is 0 Å². The molecule has 0 aliphatic rings. The molecule has 0 spiro atoms. The van der Waals surface area contributed by atoms with Gasteiger partial charge in [0.1, 0.15) is 4.33 Å². The van der Waals surface area contributed by atoms with E-state index in [0.717, 1.165) is 5.57 Å². The monoisotopic (exact) mass is 200 g/mol. The van der Waals surface area contributed by atoms with E-state index in [1.165, 1.54) is 0 Å². The lowest BCUT2D eigenvalue weighted by Crippen LogP contribution is -2.03. The Morgan fingerprint density at radius 1 is 1.50 bits per heavy atom. The molecule has 3 heteroatoms. The Labute approximate surface area is 77.1 Å². The van der Waals surface area contributed by atoms with Crippen LogP contribution in [-0.2, 0) is 0 Å². The molecule has 0 amide bonds. The largest absolute Gasteiger partial charge is 0.122 e. The molecule has 0 aliphatic carbocycles. The van der Waals surface area contributed by atoms with Gasteiger partial charge in [0.05, 0.1) is 0 Å². The smallest absolute Gasteiger partial charge is 0.119 e. The maximum atomic E-state index is 5.71. The first-order valence-corrected chi connectivity index (χ1v) is 4.34. The molecule has 0 unspecified atom stereocenters. The van der Waals surface area contributed by atoms with E-state index in [-0.39, 0.29) is 0 Å². The lowest BCUT2D eigenvalue weighted by atomic mass is 10.2. The molecule has 0 aliphatic heterocycles. The van der Waals surface area contributed by atoms with Crippen molar-refractivity contribution in [1.29, 1.82) is 0 Å². The van der Waals surface area contributed by atoms with Crippen LogP contribution in [0.2, 0.25) is 0 Å². The highest BCUT2D eigenvalue weighted by Crippen LogP contribution is 2.24. The van der Waals surface area contributed by atoms with Gasteiger partial charge in [0.15, 0.2) is 0 Å². The van der Waals surface area contributed by atoms with Gasteiger partial charge in [0.25, 0.3) is 0 Å². The van der Waals surface area contributed by atoms with Crippen LogP contribution in [0.15, 0.2) is 11.6 Å². The average Bonchev–Trinajstić information content (AvgIpc) is 1.81. The van der Waals surface area contributed by atoms with Crippen LogP contribution in [0.3, 0.4) is 0 Å². The van der Waals surface area contributed by atoms with Crippen molar-refractivity contribution in [1.82, 2.24) is 0 Å². The topological polar surface area (TPSA) is 0 Å². The summed E-state index contributed by atoms with van der Waals surface area (Å²) in [4.78, 5) is 0. The summed E-state index contributed by atoms with van der Waals surface area (Å²) in [6.07, 6.45) is 2.60. The van der Waals surface area contributed by atoms with Crippen molar-refractivity contribution in [3.05, 3.63) is 11.6 Å². The molecule has 0 heterocycles. The van der Waals surface area contributed by atoms with E-state index in [2.05, 4.69) is 0 Å². The van der Waals surface area contributed by atoms with Gasteiger partial charge in [-0.2, -0.15) is 0 Å². The Kier molecular flexibility index (Phi) is 4.75. The van der Waals surface area contributed by atoms with Crippen molar-refractivity contribution >= 4 is 34.8 Å². The molecule has 60 valence electrons. The first-order valence-electron chi connectivity index (χ1n) is 3.05. The first-order chi connectivity index (χ1) is 4.45. The normalized spacial score (nSPS) is 13.9. The van der Waals surface area contributed by atoms with Crippen LogP contribution in [0.4, 0.5) is 0 Å². The van der Waals surface area contributed by atoms with Gasteiger partial charge in [-0.1, -0.05) is 11.6 Å². The fourth-order valence-electron chi connectivity index (χ4n) is 0.408. The van der Waals surface area contributed by atoms with Crippen molar-refractivity contribution in [2.75, 3.05) is 5.88 Å². The minimum absolute atomic E-state index is 0.545. The molecule has 0 fully saturated rings. The second-order valence-electron chi connectivity index (χ2n) is 2.46. The predicted octanol–water partition coefficient (Wildman–Crippen LogP) is 3.76. The molecule has 0 aromatic heterocycles. The molecule has 0 saturated carbocycles. The summed E-state index contributed by atoms with van der Waals surface area (Å²) in [7, 11) is 0. The number of hydrogen-bond donors (Lipinski definition) is 0. The number of halogens is 3. The highest BCUT2D eigenvalue weighted by molar-refractivity contribution is 6.48. The van der Waals surface area contributed by atoms with Crippen LogP contribution in [-0.4, -0.2) is 10.2 Å². The third-order valence-corrected chi connectivity index (χ3v) is 1.75. The van der Waals surface area contributed by atoms with Crippen molar-refractivity contribution in [3.63, 3.8) is 0 Å². The van der Waals surface area contributed by atoms with E-state index in [1.807, 2.05) is 13.0 Å². The van der Waals surface area contributed by atoms with Crippen molar-refractivity contribution < 1.29 is 0 Å². The standard InChI is InChI=1S/C7H11Cl3/c1-6(5-8)3-4-7(2,9)10/h3H,4-5H2,1-2H3. The number of allylic oxidation sites excluding steroid dienone is 2. The van der Waals surface area contributed by atoms with Crippen LogP contribution in [0.25, 0.3) is 0 Å². The fourth-order valence-corrected chi connectivity index (χ4v) is 0.671. The second-order valence-corrected chi connectivity index (χ2v) is 4.59. The zero-order valence-corrected chi connectivity index (χ0v) is 8.39. The Morgan fingerprint density at radius 3 is 2.30 bits per heavy atom. The molecule has 10 heavy (non-hydrogen) atoms. The lowest BCUT2D eigenvalue weighted by molar-refractivity contribution is 0.876. The van der Waals surface area contributed by atoms with Crippen molar-refractivity contribution in [2.24, 2.45) is 0 Å². The van der Waals surface area contributed by atoms with E-state index < -0.39 is 4.33 Å². The van der Waals surface area contributed by atoms with Crippen LogP contribution in [0.5, 0.6) is 0 Å². The number of alkyl halides is 3. The predicted molar refractivity (Wildman–Crippen MR) is 49.2 cm³/mol. The Hall–Kier alpha value is 0.610. The zero-order chi connectivity index (χ0) is 8.20. The van der Waals surface area contributed by atoms with Crippen LogP contribution in [0, 0.1) is 0 Å². The van der Waals surface area contributed by atoms with Gasteiger partial charge in [0, 0.05) is 5.88 Å². The highest BCUT2D eigenvalue weighted by atomic mass is 35.5. The quantitative estimate of drug-likeness (QED) is 0.482. The van der Waals surface area contributed by atoms with Crippen LogP contribution < -0.4 is 0 Å². The van der Waals surface area contributed by atoms with E-state index in [4.69, 9.17) is 34.8 Å². The number of rotatable bonds is 3. The summed E-state index contributed by atoms with van der Waals surface area (Å²) in [5.41, 5.74) is 1.11. The molecule has 0 bridgehead atoms. The summed E-state index contributed by atoms with van der Waals surface area (Å²) in [5, 5.41) is 0. The molecule has 0 saturated heterocycles. The fraction of sp³-hybridized carbons (Fsp3) is 0.714. The molecule has 0 rings (SSSR count). The van der Waals surface area contributed by atoms with Crippen LogP contribution in [0.1, 0.15) is 20.3 Å². The molecule has 0 radical (unpaired) electrons. The average molecular weight is 202 g/mol. The Bertz CT molecular complexity index is 121. The van der Waals surface area contributed by atoms with Gasteiger partial charge >= 0.3 is 0 Å². The van der Waals surface area contributed by atoms with Gasteiger partial charge in [-0.3, -0.25) is 0 Å². The van der Waals surface area contributed by atoms with Gasteiger partial charge < -0.3 is 0 Å². The summed E-state index contributed by atoms with van der Waals surface area (Å²) < 4.78 is -0.659. The van der Waals surface area contributed by atoms with Gasteiger partial charge in [-0.05, 0) is 20.3 Å². The minimum atomic E-state index is -0.659. The van der Waals surface area contributed by atoms with Crippen molar-refractivity contribution in [2.45, 2.75) is 24.6 Å².